The molecule has 5 rings (SSSR count). The zero-order valence-electron chi connectivity index (χ0n) is 24.6. The number of ether oxygens (including phenoxy) is 1. The monoisotopic (exact) mass is 632 g/mol. The zero-order chi connectivity index (χ0) is 32.3. The lowest BCUT2D eigenvalue weighted by atomic mass is 9.77. The summed E-state index contributed by atoms with van der Waals surface area (Å²) < 4.78 is 119. The van der Waals surface area contributed by atoms with Crippen molar-refractivity contribution in [3.05, 3.63) is 113 Å². The highest BCUT2D eigenvalue weighted by Crippen LogP contribution is 2.40. The predicted octanol–water partition coefficient (Wildman–Crippen LogP) is 11.8. The van der Waals surface area contributed by atoms with E-state index in [1.807, 2.05) is 0 Å². The van der Waals surface area contributed by atoms with Crippen LogP contribution in [0, 0.1) is 40.8 Å². The van der Waals surface area contributed by atoms with Gasteiger partial charge in [0.2, 0.25) is 0 Å². The number of halogens is 8. The molecule has 0 aliphatic heterocycles. The average Bonchev–Trinajstić information content (AvgIpc) is 3.00. The molecular weight excluding hydrogens is 600 g/mol. The molecule has 1 nitrogen and oxygen atoms in total. The quantitative estimate of drug-likeness (QED) is 0.0960. The Kier molecular flexibility index (Phi) is 9.85. The summed E-state index contributed by atoms with van der Waals surface area (Å²) in [5.74, 6) is -7.91. The first-order valence-electron chi connectivity index (χ1n) is 15.1. The molecule has 0 aromatic heterocycles. The Bertz CT molecular complexity index is 1600. The zero-order valence-corrected chi connectivity index (χ0v) is 24.6. The molecule has 1 aliphatic rings. The average molecular weight is 633 g/mol. The fraction of sp³-hybridized carbons (Fsp3) is 0.333. The van der Waals surface area contributed by atoms with Gasteiger partial charge in [-0.3, -0.25) is 0 Å². The summed E-state index contributed by atoms with van der Waals surface area (Å²) in [5.41, 5.74) is -0.483. The fourth-order valence-corrected chi connectivity index (χ4v) is 6.12. The molecule has 1 aliphatic carbocycles. The molecule has 238 valence electrons. The molecule has 0 radical (unpaired) electrons. The Morgan fingerprint density at radius 2 is 1.29 bits per heavy atom. The van der Waals surface area contributed by atoms with Crippen molar-refractivity contribution in [1.82, 2.24) is 0 Å². The van der Waals surface area contributed by atoms with Gasteiger partial charge in [0.15, 0.2) is 17.5 Å². The van der Waals surface area contributed by atoms with Gasteiger partial charge in [0, 0.05) is 17.7 Å². The molecular formula is C36H32F8O. The highest BCUT2D eigenvalue weighted by atomic mass is 19.3. The normalized spacial score (nSPS) is 17.0. The summed E-state index contributed by atoms with van der Waals surface area (Å²) in [4.78, 5) is 0. The van der Waals surface area contributed by atoms with E-state index < -0.39 is 57.9 Å². The van der Waals surface area contributed by atoms with Crippen LogP contribution in [0.5, 0.6) is 5.75 Å². The Labute approximate surface area is 256 Å². The number of alkyl halides is 2. The molecule has 1 saturated carbocycles. The smallest absolute Gasteiger partial charge is 0.426 e. The highest BCUT2D eigenvalue weighted by Gasteiger charge is 2.35. The number of hydrogen-bond donors (Lipinski definition) is 0. The lowest BCUT2D eigenvalue weighted by Crippen LogP contribution is -2.22. The minimum atomic E-state index is -4.12. The van der Waals surface area contributed by atoms with Gasteiger partial charge in [0.05, 0.1) is 11.1 Å². The predicted molar refractivity (Wildman–Crippen MR) is 157 cm³/mol. The van der Waals surface area contributed by atoms with Gasteiger partial charge in [0.25, 0.3) is 0 Å². The van der Waals surface area contributed by atoms with E-state index in [1.54, 1.807) is 6.07 Å². The second kappa shape index (κ2) is 13.6. The number of benzene rings is 4. The third-order valence-corrected chi connectivity index (χ3v) is 8.59. The van der Waals surface area contributed by atoms with E-state index in [4.69, 9.17) is 0 Å². The van der Waals surface area contributed by atoms with Crippen molar-refractivity contribution in [1.29, 1.82) is 0 Å². The lowest BCUT2D eigenvalue weighted by molar-refractivity contribution is -0.185. The number of hydrogen-bond acceptors (Lipinski definition) is 1. The Hall–Kier alpha value is -3.88. The fourth-order valence-electron chi connectivity index (χ4n) is 6.12. The third kappa shape index (κ3) is 7.34. The van der Waals surface area contributed by atoms with E-state index in [2.05, 4.69) is 11.7 Å². The highest BCUT2D eigenvalue weighted by molar-refractivity contribution is 5.72. The molecule has 4 aromatic carbocycles. The van der Waals surface area contributed by atoms with Crippen molar-refractivity contribution in [2.24, 2.45) is 5.92 Å². The second-order valence-corrected chi connectivity index (χ2v) is 11.7. The van der Waals surface area contributed by atoms with Gasteiger partial charge >= 0.3 is 6.11 Å². The van der Waals surface area contributed by atoms with Crippen molar-refractivity contribution >= 4 is 0 Å². The van der Waals surface area contributed by atoms with Gasteiger partial charge in [-0.1, -0.05) is 56.9 Å². The summed E-state index contributed by atoms with van der Waals surface area (Å²) in [7, 11) is 0. The third-order valence-electron chi connectivity index (χ3n) is 8.59. The van der Waals surface area contributed by atoms with Crippen LogP contribution in [-0.2, 0) is 6.11 Å². The van der Waals surface area contributed by atoms with Gasteiger partial charge in [-0.05, 0) is 84.5 Å². The van der Waals surface area contributed by atoms with E-state index in [1.165, 1.54) is 37.8 Å². The maximum absolute atomic E-state index is 15.2. The first-order valence-corrected chi connectivity index (χ1v) is 15.1. The molecule has 0 atom stereocenters. The summed E-state index contributed by atoms with van der Waals surface area (Å²) in [5, 5.41) is 0. The molecule has 45 heavy (non-hydrogen) atoms. The number of rotatable bonds is 10. The molecule has 0 spiro atoms. The van der Waals surface area contributed by atoms with E-state index >= 15 is 13.2 Å². The topological polar surface area (TPSA) is 9.23 Å². The number of unbranched alkanes of at least 4 members (excludes halogenated alkanes) is 2. The van der Waals surface area contributed by atoms with Crippen molar-refractivity contribution < 1.29 is 39.9 Å². The summed E-state index contributed by atoms with van der Waals surface area (Å²) in [6.07, 6.45) is 4.96. The van der Waals surface area contributed by atoms with Crippen LogP contribution in [0.3, 0.4) is 0 Å². The first kappa shape index (κ1) is 32.5. The van der Waals surface area contributed by atoms with Gasteiger partial charge in [-0.15, -0.1) is 0 Å². The Morgan fingerprint density at radius 3 is 1.87 bits per heavy atom. The molecule has 0 N–H and O–H groups in total. The minimum absolute atomic E-state index is 0.00671. The van der Waals surface area contributed by atoms with Crippen molar-refractivity contribution in [3.8, 4) is 28.0 Å². The largest absolute Gasteiger partial charge is 0.429 e. The Morgan fingerprint density at radius 1 is 0.667 bits per heavy atom. The summed E-state index contributed by atoms with van der Waals surface area (Å²) in [6, 6.07) is 11.0. The molecule has 0 saturated heterocycles. The van der Waals surface area contributed by atoms with Crippen LogP contribution in [0.15, 0.2) is 66.7 Å². The van der Waals surface area contributed by atoms with Crippen LogP contribution in [0.2, 0.25) is 0 Å². The van der Waals surface area contributed by atoms with Crippen LogP contribution >= 0.6 is 0 Å². The van der Waals surface area contributed by atoms with Gasteiger partial charge < -0.3 is 4.74 Å². The van der Waals surface area contributed by atoms with E-state index in [-0.39, 0.29) is 34.7 Å². The molecule has 0 unspecified atom stereocenters. The van der Waals surface area contributed by atoms with Gasteiger partial charge in [-0.25, -0.2) is 26.3 Å². The maximum Gasteiger partial charge on any atom is 0.426 e. The lowest BCUT2D eigenvalue weighted by Gasteiger charge is -2.29. The van der Waals surface area contributed by atoms with Gasteiger partial charge in [-0.2, -0.15) is 8.78 Å². The molecule has 0 bridgehead atoms. The van der Waals surface area contributed by atoms with E-state index in [0.29, 0.717) is 5.92 Å². The van der Waals surface area contributed by atoms with Crippen molar-refractivity contribution in [2.75, 3.05) is 0 Å². The van der Waals surface area contributed by atoms with Crippen LogP contribution in [-0.4, -0.2) is 0 Å². The molecule has 4 aromatic rings. The molecule has 9 heteroatoms. The standard InChI is InChI=1S/C36H32F8O/c1-2-3-4-5-21-6-8-22(9-7-21)24-12-15-28(29(37)16-24)25-17-30(38)34(31(39)18-25)23-10-13-26(14-11-23)36(43,44)45-27-19-32(40)35(42)33(41)20-27/h10-22H,2-9H2,1H3. The molecule has 1 fully saturated rings. The summed E-state index contributed by atoms with van der Waals surface area (Å²) >= 11 is 0. The Balaban J connectivity index is 1.30. The SMILES string of the molecule is CCCCCC1CCC(c2ccc(-c3cc(F)c(-c4ccc(C(F)(F)Oc5cc(F)c(F)c(F)c5)cc4)c(F)c3)c(F)c2)CC1. The van der Waals surface area contributed by atoms with Crippen LogP contribution in [0.4, 0.5) is 35.1 Å². The van der Waals surface area contributed by atoms with Crippen molar-refractivity contribution in [2.45, 2.75) is 70.3 Å². The van der Waals surface area contributed by atoms with Crippen LogP contribution in [0.1, 0.15) is 75.3 Å². The van der Waals surface area contributed by atoms with Crippen LogP contribution in [0.25, 0.3) is 22.3 Å². The van der Waals surface area contributed by atoms with Crippen molar-refractivity contribution in [3.63, 3.8) is 0 Å². The van der Waals surface area contributed by atoms with Crippen LogP contribution < -0.4 is 4.74 Å². The minimum Gasteiger partial charge on any atom is -0.429 e. The maximum atomic E-state index is 15.2. The first-order chi connectivity index (χ1) is 21.5. The van der Waals surface area contributed by atoms with E-state index in [9.17, 15) is 22.0 Å². The molecule has 0 heterocycles. The van der Waals surface area contributed by atoms with E-state index in [0.717, 1.165) is 67.6 Å². The summed E-state index contributed by atoms with van der Waals surface area (Å²) in [6.45, 7) is 2.19. The second-order valence-electron chi connectivity index (χ2n) is 11.7. The molecule has 0 amide bonds. The van der Waals surface area contributed by atoms with Gasteiger partial charge in [0.1, 0.15) is 23.2 Å².